The van der Waals surface area contributed by atoms with E-state index in [0.717, 1.165) is 68.7 Å². The van der Waals surface area contributed by atoms with Crippen LogP contribution in [-0.2, 0) is 9.53 Å². The first-order valence-corrected chi connectivity index (χ1v) is 10.9. The number of nitrogens with one attached hydrogen (secondary N) is 1. The summed E-state index contributed by atoms with van der Waals surface area (Å²) in [7, 11) is 0. The highest BCUT2D eigenvalue weighted by atomic mass is 19.4. The number of rotatable bonds is 7. The molecule has 186 valence electrons. The molecule has 9 nitrogen and oxygen atoms in total. The summed E-state index contributed by atoms with van der Waals surface area (Å²) in [6, 6.07) is 13.5. The van der Waals surface area contributed by atoms with E-state index in [1.165, 1.54) is 0 Å². The lowest BCUT2D eigenvalue weighted by atomic mass is 10.2. The fraction of sp³-hybridized carbons (Fsp3) is 0.348. The molecule has 4 rings (SSSR count). The standard InChI is InChI=1S/C21H24N6O.C2HF3O2/c1-3-8-22-17(6-1)19-16-20(24-10-5-11-27-12-14-28-15-13-27)26-21(25-19)18-7-2-4-9-23-18;3-2(4,5)1(6)7/h1-4,6-9,16H,5,10-15H2,(H,24,25,26);(H,6,7). The van der Waals surface area contributed by atoms with Crippen LogP contribution in [0.5, 0.6) is 0 Å². The van der Waals surface area contributed by atoms with E-state index in [2.05, 4.69) is 30.2 Å². The number of nitrogens with zero attached hydrogens (tertiary/aromatic N) is 5. The molecule has 0 spiro atoms. The third-order valence-corrected chi connectivity index (χ3v) is 4.85. The number of morpholine rings is 1. The average Bonchev–Trinajstić information content (AvgIpc) is 2.88. The van der Waals surface area contributed by atoms with Crippen LogP contribution in [-0.4, -0.2) is 81.5 Å². The molecule has 35 heavy (non-hydrogen) atoms. The summed E-state index contributed by atoms with van der Waals surface area (Å²) in [5, 5.41) is 10.6. The number of aromatic nitrogens is 4. The van der Waals surface area contributed by atoms with Crippen LogP contribution in [0, 0.1) is 0 Å². The van der Waals surface area contributed by atoms with Gasteiger partial charge in [0.1, 0.15) is 11.5 Å². The predicted molar refractivity (Wildman–Crippen MR) is 123 cm³/mol. The molecule has 1 aliphatic heterocycles. The number of alkyl halides is 3. The fourth-order valence-corrected chi connectivity index (χ4v) is 3.14. The molecule has 0 bridgehead atoms. The SMILES string of the molecule is O=C(O)C(F)(F)F.c1ccc(-c2cc(NCCCN3CCOCC3)nc(-c3ccccn3)n2)nc1. The molecule has 3 aromatic rings. The second-order valence-corrected chi connectivity index (χ2v) is 7.43. The number of carboxylic acid groups (broad SMARTS) is 1. The molecular weight excluding hydrogens is 465 g/mol. The Hall–Kier alpha value is -3.64. The molecule has 1 fully saturated rings. The lowest BCUT2D eigenvalue weighted by Gasteiger charge is -2.26. The first-order chi connectivity index (χ1) is 16.8. The van der Waals surface area contributed by atoms with Gasteiger partial charge in [0.25, 0.3) is 0 Å². The van der Waals surface area contributed by atoms with Gasteiger partial charge in [-0.3, -0.25) is 14.9 Å². The zero-order valence-corrected chi connectivity index (χ0v) is 18.8. The number of pyridine rings is 2. The van der Waals surface area contributed by atoms with Gasteiger partial charge >= 0.3 is 12.1 Å². The Labute approximate surface area is 200 Å². The van der Waals surface area contributed by atoms with Crippen molar-refractivity contribution in [3.8, 4) is 22.9 Å². The number of aliphatic carboxylic acids is 1. The zero-order valence-electron chi connectivity index (χ0n) is 18.8. The van der Waals surface area contributed by atoms with E-state index in [9.17, 15) is 13.2 Å². The highest BCUT2D eigenvalue weighted by Crippen LogP contribution is 2.22. The molecule has 2 N–H and O–H groups in total. The van der Waals surface area contributed by atoms with E-state index in [0.29, 0.717) is 5.82 Å². The molecule has 0 unspecified atom stereocenters. The van der Waals surface area contributed by atoms with Crippen molar-refractivity contribution >= 4 is 11.8 Å². The molecule has 0 aromatic carbocycles. The fourth-order valence-electron chi connectivity index (χ4n) is 3.14. The first-order valence-electron chi connectivity index (χ1n) is 10.9. The number of hydrogen-bond donors (Lipinski definition) is 2. The molecular formula is C23H25F3N6O3. The summed E-state index contributed by atoms with van der Waals surface area (Å²) in [6.07, 6.45) is -0.517. The molecule has 0 saturated carbocycles. The van der Waals surface area contributed by atoms with Gasteiger partial charge in [-0.25, -0.2) is 14.8 Å². The van der Waals surface area contributed by atoms with E-state index in [1.807, 2.05) is 42.5 Å². The normalized spacial score (nSPS) is 14.0. The van der Waals surface area contributed by atoms with Gasteiger partial charge in [-0.1, -0.05) is 12.1 Å². The van der Waals surface area contributed by atoms with Crippen molar-refractivity contribution < 1.29 is 27.8 Å². The van der Waals surface area contributed by atoms with Crippen LogP contribution in [0.2, 0.25) is 0 Å². The maximum atomic E-state index is 10.6. The van der Waals surface area contributed by atoms with E-state index < -0.39 is 12.1 Å². The number of carbonyl (C=O) groups is 1. The summed E-state index contributed by atoms with van der Waals surface area (Å²) in [4.78, 5) is 29.5. The van der Waals surface area contributed by atoms with Crippen LogP contribution in [0.15, 0.2) is 54.9 Å². The van der Waals surface area contributed by atoms with Crippen molar-refractivity contribution in [2.75, 3.05) is 44.7 Å². The monoisotopic (exact) mass is 490 g/mol. The van der Waals surface area contributed by atoms with Gasteiger partial charge in [0.15, 0.2) is 5.82 Å². The van der Waals surface area contributed by atoms with Gasteiger partial charge in [0.2, 0.25) is 0 Å². The van der Waals surface area contributed by atoms with Crippen molar-refractivity contribution in [2.45, 2.75) is 12.6 Å². The highest BCUT2D eigenvalue weighted by Gasteiger charge is 2.38. The van der Waals surface area contributed by atoms with Gasteiger partial charge in [0.05, 0.1) is 24.6 Å². The Kier molecular flexibility index (Phi) is 9.44. The van der Waals surface area contributed by atoms with Gasteiger partial charge < -0.3 is 15.2 Å². The summed E-state index contributed by atoms with van der Waals surface area (Å²) in [5.41, 5.74) is 2.35. The molecule has 0 aliphatic carbocycles. The summed E-state index contributed by atoms with van der Waals surface area (Å²) >= 11 is 0. The molecule has 0 amide bonds. The Balaban J connectivity index is 0.000000429. The maximum absolute atomic E-state index is 10.6. The molecule has 1 aliphatic rings. The first kappa shape index (κ1) is 26.0. The van der Waals surface area contributed by atoms with E-state index in [-0.39, 0.29) is 0 Å². The van der Waals surface area contributed by atoms with Crippen molar-refractivity contribution in [3.63, 3.8) is 0 Å². The third-order valence-electron chi connectivity index (χ3n) is 4.85. The van der Waals surface area contributed by atoms with Crippen LogP contribution in [0.1, 0.15) is 6.42 Å². The molecule has 4 heterocycles. The molecule has 1 saturated heterocycles. The van der Waals surface area contributed by atoms with E-state index >= 15 is 0 Å². The number of halogens is 3. The predicted octanol–water partition coefficient (Wildman–Crippen LogP) is 3.37. The third kappa shape index (κ3) is 8.58. The van der Waals surface area contributed by atoms with Gasteiger partial charge in [-0.15, -0.1) is 0 Å². The van der Waals surface area contributed by atoms with E-state index in [1.54, 1.807) is 12.4 Å². The van der Waals surface area contributed by atoms with Crippen LogP contribution in [0.3, 0.4) is 0 Å². The quantitative estimate of drug-likeness (QED) is 0.481. The minimum Gasteiger partial charge on any atom is -0.475 e. The van der Waals surface area contributed by atoms with Crippen LogP contribution in [0.4, 0.5) is 19.0 Å². The smallest absolute Gasteiger partial charge is 0.475 e. The van der Waals surface area contributed by atoms with Crippen LogP contribution >= 0.6 is 0 Å². The van der Waals surface area contributed by atoms with Crippen molar-refractivity contribution in [2.24, 2.45) is 0 Å². The van der Waals surface area contributed by atoms with Gasteiger partial charge in [-0.2, -0.15) is 13.2 Å². The van der Waals surface area contributed by atoms with Crippen LogP contribution < -0.4 is 5.32 Å². The average molecular weight is 490 g/mol. The molecule has 0 radical (unpaired) electrons. The Morgan fingerprint density at radius 3 is 2.20 bits per heavy atom. The van der Waals surface area contributed by atoms with E-state index in [4.69, 9.17) is 14.6 Å². The number of ether oxygens (including phenoxy) is 1. The minimum absolute atomic E-state index is 0.597. The highest BCUT2D eigenvalue weighted by molar-refractivity contribution is 5.73. The summed E-state index contributed by atoms with van der Waals surface area (Å²) in [6.45, 7) is 5.60. The minimum atomic E-state index is -5.08. The largest absolute Gasteiger partial charge is 0.490 e. The van der Waals surface area contributed by atoms with Crippen LogP contribution in [0.25, 0.3) is 22.9 Å². The Bertz CT molecular complexity index is 1010. The lowest BCUT2D eigenvalue weighted by molar-refractivity contribution is -0.192. The van der Waals surface area contributed by atoms with Gasteiger partial charge in [0, 0.05) is 38.1 Å². The summed E-state index contributed by atoms with van der Waals surface area (Å²) < 4.78 is 37.1. The Morgan fingerprint density at radius 1 is 1.00 bits per heavy atom. The number of carboxylic acids is 1. The van der Waals surface area contributed by atoms with Crippen molar-refractivity contribution in [1.82, 2.24) is 24.8 Å². The van der Waals surface area contributed by atoms with Gasteiger partial charge in [-0.05, 0) is 37.2 Å². The zero-order chi connectivity index (χ0) is 25.1. The second kappa shape index (κ2) is 12.7. The Morgan fingerprint density at radius 2 is 1.63 bits per heavy atom. The lowest BCUT2D eigenvalue weighted by Crippen LogP contribution is -2.37. The number of anilines is 1. The molecule has 3 aromatic heterocycles. The van der Waals surface area contributed by atoms with Crippen molar-refractivity contribution in [3.05, 3.63) is 54.9 Å². The molecule has 12 heteroatoms. The molecule has 0 atom stereocenters. The van der Waals surface area contributed by atoms with Crippen molar-refractivity contribution in [1.29, 1.82) is 0 Å². The number of hydrogen-bond acceptors (Lipinski definition) is 8. The second-order valence-electron chi connectivity index (χ2n) is 7.43. The topological polar surface area (TPSA) is 113 Å². The summed E-state index contributed by atoms with van der Waals surface area (Å²) in [5.74, 6) is -1.37. The maximum Gasteiger partial charge on any atom is 0.490 e.